The van der Waals surface area contributed by atoms with Crippen LogP contribution >= 0.6 is 23.1 Å². The zero-order valence-electron chi connectivity index (χ0n) is 10.2. The molecule has 0 aliphatic rings. The molecule has 7 heteroatoms. The van der Waals surface area contributed by atoms with Crippen LogP contribution < -0.4 is 5.32 Å². The van der Waals surface area contributed by atoms with Gasteiger partial charge in [0.05, 0.1) is 21.9 Å². The number of nitrogens with zero attached hydrogens (tertiary/aromatic N) is 2. The minimum Gasteiger partial charge on any atom is -0.448 e. The molecule has 0 saturated carbocycles. The average molecular weight is 285 g/mol. The summed E-state index contributed by atoms with van der Waals surface area (Å²) in [5.41, 5.74) is 0.978. The van der Waals surface area contributed by atoms with Crippen molar-refractivity contribution >= 4 is 28.2 Å². The lowest BCUT2D eigenvalue weighted by atomic mass is 10.4. The Morgan fingerprint density at radius 2 is 2.44 bits per heavy atom. The van der Waals surface area contributed by atoms with Crippen molar-refractivity contribution in [3.63, 3.8) is 0 Å². The molecule has 0 amide bonds. The molecule has 0 spiro atoms. The van der Waals surface area contributed by atoms with E-state index in [2.05, 4.69) is 15.3 Å². The van der Waals surface area contributed by atoms with E-state index in [0.29, 0.717) is 10.9 Å². The molecule has 0 radical (unpaired) electrons. The lowest BCUT2D eigenvalue weighted by molar-refractivity contribution is 0.224. The highest BCUT2D eigenvalue weighted by Gasteiger charge is 2.07. The fourth-order valence-corrected chi connectivity index (χ4v) is 3.09. The summed E-state index contributed by atoms with van der Waals surface area (Å²) in [6.45, 7) is 3.71. The topological polar surface area (TPSA) is 71.2 Å². The van der Waals surface area contributed by atoms with Gasteiger partial charge in [0.15, 0.2) is 5.13 Å². The summed E-state index contributed by atoms with van der Waals surface area (Å²) in [6, 6.07) is 0. The molecule has 2 heterocycles. The number of aliphatic hydroxyl groups excluding tert-OH is 1. The summed E-state index contributed by atoms with van der Waals surface area (Å²) >= 11 is 3.13. The monoisotopic (exact) mass is 285 g/mol. The van der Waals surface area contributed by atoms with E-state index in [1.807, 2.05) is 6.92 Å². The number of thiazole rings is 1. The normalized spacial score (nSPS) is 12.6. The highest BCUT2D eigenvalue weighted by atomic mass is 32.2. The van der Waals surface area contributed by atoms with E-state index in [0.717, 1.165) is 22.2 Å². The number of anilines is 1. The van der Waals surface area contributed by atoms with Crippen molar-refractivity contribution in [2.45, 2.75) is 36.5 Å². The maximum Gasteiger partial charge on any atom is 0.204 e. The van der Waals surface area contributed by atoms with E-state index < -0.39 is 6.23 Å². The van der Waals surface area contributed by atoms with Gasteiger partial charge >= 0.3 is 0 Å². The van der Waals surface area contributed by atoms with Gasteiger partial charge in [-0.05, 0) is 13.3 Å². The Morgan fingerprint density at radius 1 is 1.61 bits per heavy atom. The van der Waals surface area contributed by atoms with Crippen LogP contribution in [0.25, 0.3) is 0 Å². The van der Waals surface area contributed by atoms with E-state index in [-0.39, 0.29) is 0 Å². The van der Waals surface area contributed by atoms with Crippen LogP contribution in [0.15, 0.2) is 21.1 Å². The number of oxazole rings is 1. The summed E-state index contributed by atoms with van der Waals surface area (Å²) in [6.07, 6.45) is 3.78. The van der Waals surface area contributed by atoms with Gasteiger partial charge in [0, 0.05) is 0 Å². The third-order valence-corrected chi connectivity index (χ3v) is 4.22. The van der Waals surface area contributed by atoms with Gasteiger partial charge in [-0.3, -0.25) is 0 Å². The maximum absolute atomic E-state index is 9.18. The molecule has 0 aliphatic carbocycles. The third-order valence-electron chi connectivity index (χ3n) is 2.12. The second kappa shape index (κ2) is 6.21. The van der Waals surface area contributed by atoms with E-state index in [1.165, 1.54) is 11.3 Å². The molecular weight excluding hydrogens is 270 g/mol. The van der Waals surface area contributed by atoms with Crippen molar-refractivity contribution in [2.24, 2.45) is 0 Å². The summed E-state index contributed by atoms with van der Waals surface area (Å²) in [5.74, 6) is 1.42. The third kappa shape index (κ3) is 3.72. The minimum absolute atomic E-state index is 0.590. The van der Waals surface area contributed by atoms with E-state index in [9.17, 15) is 5.11 Å². The predicted octanol–water partition coefficient (Wildman–Crippen LogP) is 2.74. The Balaban J connectivity index is 1.87. The largest absolute Gasteiger partial charge is 0.448 e. The molecule has 0 fully saturated rings. The second-order valence-corrected chi connectivity index (χ2v) is 5.99. The van der Waals surface area contributed by atoms with Crippen molar-refractivity contribution in [1.29, 1.82) is 0 Å². The van der Waals surface area contributed by atoms with Crippen LogP contribution in [0.3, 0.4) is 0 Å². The fourth-order valence-electron chi connectivity index (χ4n) is 1.28. The van der Waals surface area contributed by atoms with Crippen LogP contribution in [-0.2, 0) is 12.2 Å². The average Bonchev–Trinajstić information content (AvgIpc) is 2.94. The predicted molar refractivity (Wildman–Crippen MR) is 72.9 cm³/mol. The SMILES string of the molecule is CCc1coc(CSc2cnc(NC(C)O)s2)n1. The Kier molecular flexibility index (Phi) is 4.62. The van der Waals surface area contributed by atoms with Gasteiger partial charge in [-0.1, -0.05) is 18.3 Å². The molecule has 5 nitrogen and oxygen atoms in total. The Labute approximate surface area is 114 Å². The number of hydrogen-bond donors (Lipinski definition) is 2. The van der Waals surface area contributed by atoms with Gasteiger partial charge in [-0.15, -0.1) is 11.8 Å². The lowest BCUT2D eigenvalue weighted by Gasteiger charge is -2.03. The molecule has 18 heavy (non-hydrogen) atoms. The van der Waals surface area contributed by atoms with Gasteiger partial charge in [0.2, 0.25) is 5.89 Å². The first-order valence-electron chi connectivity index (χ1n) is 5.64. The number of nitrogens with one attached hydrogen (secondary N) is 1. The molecule has 0 saturated heterocycles. The number of aryl methyl sites for hydroxylation is 1. The molecule has 2 rings (SSSR count). The van der Waals surface area contributed by atoms with Crippen molar-refractivity contribution in [2.75, 3.05) is 5.32 Å². The highest BCUT2D eigenvalue weighted by Crippen LogP contribution is 2.30. The molecule has 0 aromatic carbocycles. The quantitative estimate of drug-likeness (QED) is 0.628. The summed E-state index contributed by atoms with van der Waals surface area (Å²) in [7, 11) is 0. The highest BCUT2D eigenvalue weighted by molar-refractivity contribution is 8.00. The van der Waals surface area contributed by atoms with Gasteiger partial charge < -0.3 is 14.8 Å². The lowest BCUT2D eigenvalue weighted by Crippen LogP contribution is -2.12. The molecule has 98 valence electrons. The van der Waals surface area contributed by atoms with Gasteiger partial charge in [0.1, 0.15) is 12.5 Å². The van der Waals surface area contributed by atoms with Crippen LogP contribution in [0, 0.1) is 0 Å². The number of hydrogen-bond acceptors (Lipinski definition) is 7. The first-order valence-corrected chi connectivity index (χ1v) is 7.44. The number of aromatic nitrogens is 2. The molecule has 1 unspecified atom stereocenters. The van der Waals surface area contributed by atoms with E-state index >= 15 is 0 Å². The Morgan fingerprint density at radius 3 is 3.11 bits per heavy atom. The number of thioether (sulfide) groups is 1. The minimum atomic E-state index is -0.590. The van der Waals surface area contributed by atoms with Crippen molar-refractivity contribution in [3.05, 3.63) is 24.0 Å². The molecule has 1 atom stereocenters. The summed E-state index contributed by atoms with van der Waals surface area (Å²) in [5, 5.41) is 12.7. The van der Waals surface area contributed by atoms with Crippen LogP contribution in [-0.4, -0.2) is 21.3 Å². The smallest absolute Gasteiger partial charge is 0.204 e. The van der Waals surface area contributed by atoms with Gasteiger partial charge in [-0.25, -0.2) is 9.97 Å². The van der Waals surface area contributed by atoms with Gasteiger partial charge in [0.25, 0.3) is 0 Å². The molecule has 0 bridgehead atoms. The van der Waals surface area contributed by atoms with Crippen LogP contribution in [0.5, 0.6) is 0 Å². The van der Waals surface area contributed by atoms with Crippen molar-refractivity contribution < 1.29 is 9.52 Å². The molecule has 2 N–H and O–H groups in total. The standard InChI is InChI=1S/C11H15N3O2S2/c1-3-8-5-16-9(14-8)6-17-10-4-12-11(18-10)13-7(2)15/h4-5,7,15H,3,6H2,1-2H3,(H,12,13). The zero-order valence-corrected chi connectivity index (χ0v) is 11.8. The second-order valence-electron chi connectivity index (χ2n) is 3.68. The van der Waals surface area contributed by atoms with E-state index in [1.54, 1.807) is 31.1 Å². The summed E-state index contributed by atoms with van der Waals surface area (Å²) in [4.78, 5) is 8.51. The Hall–Kier alpha value is -1.05. The van der Waals surface area contributed by atoms with Crippen LogP contribution in [0.2, 0.25) is 0 Å². The number of rotatable bonds is 6. The van der Waals surface area contributed by atoms with Gasteiger partial charge in [-0.2, -0.15) is 0 Å². The zero-order chi connectivity index (χ0) is 13.0. The first kappa shape index (κ1) is 13.4. The molecular formula is C11H15N3O2S2. The van der Waals surface area contributed by atoms with Crippen molar-refractivity contribution in [1.82, 2.24) is 9.97 Å². The molecule has 2 aromatic heterocycles. The fraction of sp³-hybridized carbons (Fsp3) is 0.455. The van der Waals surface area contributed by atoms with Crippen LogP contribution in [0.1, 0.15) is 25.4 Å². The summed E-state index contributed by atoms with van der Waals surface area (Å²) < 4.78 is 6.41. The Bertz CT molecular complexity index is 496. The van der Waals surface area contributed by atoms with Crippen LogP contribution in [0.4, 0.5) is 5.13 Å². The first-order chi connectivity index (χ1) is 8.67. The van der Waals surface area contributed by atoms with E-state index in [4.69, 9.17) is 4.42 Å². The molecule has 0 aliphatic heterocycles. The molecule has 2 aromatic rings. The van der Waals surface area contributed by atoms with Crippen molar-refractivity contribution in [3.8, 4) is 0 Å². The maximum atomic E-state index is 9.18. The number of aliphatic hydroxyl groups is 1.